The second kappa shape index (κ2) is 4.12. The summed E-state index contributed by atoms with van der Waals surface area (Å²) in [6, 6.07) is 0. The Bertz CT molecular complexity index is 134. The van der Waals surface area contributed by atoms with Crippen LogP contribution in [0.5, 0.6) is 0 Å². The van der Waals surface area contributed by atoms with Crippen LogP contribution in [0, 0.1) is 0 Å². The molecule has 0 bridgehead atoms. The summed E-state index contributed by atoms with van der Waals surface area (Å²) in [7, 11) is 0. The van der Waals surface area contributed by atoms with Crippen LogP contribution in [0.1, 0.15) is 19.8 Å². The minimum Gasteiger partial charge on any atom is -0.191 e. The molecule has 0 nitrogen and oxygen atoms in total. The number of allylic oxidation sites excluding steroid dienone is 4. The van der Waals surface area contributed by atoms with E-state index in [0.717, 1.165) is 0 Å². The molecule has 0 saturated heterocycles. The molecular formula is C8H12Mg. The Kier molecular flexibility index (Phi) is 3.37. The average Bonchev–Trinajstić information content (AvgIpc) is 2.34. The molecule has 46 valence electrons. The maximum atomic E-state index is 2.31. The van der Waals surface area contributed by atoms with Crippen LogP contribution in [0.2, 0.25) is 4.55 Å². The summed E-state index contributed by atoms with van der Waals surface area (Å²) in [5.41, 5.74) is 0. The van der Waals surface area contributed by atoms with Gasteiger partial charge in [0.15, 0.2) is 0 Å². The third kappa shape index (κ3) is 2.54. The summed E-state index contributed by atoms with van der Waals surface area (Å²) in [4.78, 5) is 0. The van der Waals surface area contributed by atoms with E-state index in [4.69, 9.17) is 0 Å². The van der Waals surface area contributed by atoms with Crippen molar-refractivity contribution in [3.05, 3.63) is 21.9 Å². The van der Waals surface area contributed by atoms with Crippen LogP contribution in [-0.4, -0.2) is 20.4 Å². The number of hydrogen-bond acceptors (Lipinski definition) is 0. The smallest absolute Gasteiger partial charge is 0.191 e. The van der Waals surface area contributed by atoms with Crippen LogP contribution in [-0.2, 0) is 0 Å². The van der Waals surface area contributed by atoms with Gasteiger partial charge in [-0.1, -0.05) is 31.6 Å². The highest BCUT2D eigenvalue weighted by atomic mass is 24.5. The van der Waals surface area contributed by atoms with E-state index in [9.17, 15) is 0 Å². The normalized spacial score (nSPS) is 15.4. The van der Waals surface area contributed by atoms with Gasteiger partial charge in [0.05, 0.1) is 0 Å². The first-order valence-corrected chi connectivity index (χ1v) is 5.48. The van der Waals surface area contributed by atoms with E-state index in [-0.39, 0.29) is 20.4 Å². The van der Waals surface area contributed by atoms with E-state index in [1.807, 2.05) is 0 Å². The highest BCUT2D eigenvalue weighted by Crippen LogP contribution is 2.10. The molecular weight excluding hydrogens is 120 g/mol. The maximum Gasteiger partial charge on any atom is 0.402 e. The molecule has 0 aromatic heterocycles. The lowest BCUT2D eigenvalue weighted by atomic mass is 10.5. The highest BCUT2D eigenvalue weighted by molar-refractivity contribution is 6.45. The largest absolute Gasteiger partial charge is 0.402 e. The van der Waals surface area contributed by atoms with Gasteiger partial charge in [0.1, 0.15) is 0 Å². The quantitative estimate of drug-likeness (QED) is 0.517. The minimum absolute atomic E-state index is 0.186. The van der Waals surface area contributed by atoms with Gasteiger partial charge in [0, 0.05) is 0 Å². The molecule has 0 aromatic carbocycles. The molecule has 9 heavy (non-hydrogen) atoms. The number of rotatable bonds is 3. The summed E-state index contributed by atoms with van der Waals surface area (Å²) in [6.07, 6.45) is 9.41. The van der Waals surface area contributed by atoms with Gasteiger partial charge in [-0.15, -0.1) is 4.55 Å². The zero-order chi connectivity index (χ0) is 6.53. The molecule has 0 saturated carbocycles. The first-order valence-electron chi connectivity index (χ1n) is 3.78. The Balaban J connectivity index is 2.14. The lowest BCUT2D eigenvalue weighted by Gasteiger charge is -1.94. The first kappa shape index (κ1) is 7.35. The van der Waals surface area contributed by atoms with Crippen molar-refractivity contribution in [3.63, 3.8) is 0 Å². The molecule has 0 N–H and O–H groups in total. The molecule has 0 atom stereocenters. The van der Waals surface area contributed by atoms with Crippen molar-refractivity contribution in [2.45, 2.75) is 24.3 Å². The van der Waals surface area contributed by atoms with Gasteiger partial charge < -0.3 is 0 Å². The first-order chi connectivity index (χ1) is 4.43. The van der Waals surface area contributed by atoms with E-state index in [2.05, 4.69) is 25.2 Å². The zero-order valence-electron chi connectivity index (χ0n) is 6.06. The number of hydrogen-bond donors (Lipinski definition) is 0. The van der Waals surface area contributed by atoms with Crippen molar-refractivity contribution in [2.24, 2.45) is 0 Å². The van der Waals surface area contributed by atoms with Gasteiger partial charge in [0.2, 0.25) is 0 Å². The molecule has 0 spiro atoms. The Morgan fingerprint density at radius 3 is 3.11 bits per heavy atom. The van der Waals surface area contributed by atoms with Crippen molar-refractivity contribution in [1.29, 1.82) is 0 Å². The maximum absolute atomic E-state index is 2.31. The fourth-order valence-electron chi connectivity index (χ4n) is 1.08. The van der Waals surface area contributed by atoms with Gasteiger partial charge in [0.25, 0.3) is 0 Å². The molecule has 0 radical (unpaired) electrons. The Hall–Kier alpha value is 0.246. The molecule has 0 unspecified atom stereocenters. The third-order valence-corrected chi connectivity index (χ3v) is 3.93. The molecule has 0 amide bonds. The standard InChI is InChI=1S/C5H5.C3H7.Mg/c1-2-4-5-3-1;1-3-2;/h1-3H,4H2;1,3H2,2H3;. The predicted octanol–water partition coefficient (Wildman–Crippen LogP) is 2.36. The van der Waals surface area contributed by atoms with Crippen LogP contribution in [0.3, 0.4) is 0 Å². The molecule has 0 aromatic rings. The SMILES string of the molecule is CC[CH2][Mg][C]1=CC=CC1. The summed E-state index contributed by atoms with van der Waals surface area (Å²) in [6.45, 7) is 2.27. The zero-order valence-corrected chi connectivity index (χ0v) is 7.47. The van der Waals surface area contributed by atoms with E-state index in [1.54, 1.807) is 3.70 Å². The van der Waals surface area contributed by atoms with Gasteiger partial charge in [-0.3, -0.25) is 0 Å². The van der Waals surface area contributed by atoms with Gasteiger partial charge >= 0.3 is 20.4 Å². The monoisotopic (exact) mass is 132 g/mol. The van der Waals surface area contributed by atoms with Crippen molar-refractivity contribution >= 4 is 20.4 Å². The van der Waals surface area contributed by atoms with Gasteiger partial charge in [-0.2, -0.15) is 3.70 Å². The topological polar surface area (TPSA) is 0 Å². The Morgan fingerprint density at radius 2 is 2.56 bits per heavy atom. The van der Waals surface area contributed by atoms with E-state index in [0.29, 0.717) is 0 Å². The van der Waals surface area contributed by atoms with Gasteiger partial charge in [-0.25, -0.2) is 0 Å². The molecule has 1 rings (SSSR count). The van der Waals surface area contributed by atoms with Crippen molar-refractivity contribution in [3.8, 4) is 0 Å². The van der Waals surface area contributed by atoms with Crippen LogP contribution >= 0.6 is 0 Å². The summed E-state index contributed by atoms with van der Waals surface area (Å²) in [5, 5.41) is 0. The van der Waals surface area contributed by atoms with Crippen LogP contribution < -0.4 is 0 Å². The molecule has 0 aliphatic heterocycles. The summed E-state index contributed by atoms with van der Waals surface area (Å²) >= 11 is 0.186. The second-order valence-corrected chi connectivity index (χ2v) is 4.68. The van der Waals surface area contributed by atoms with Gasteiger partial charge in [-0.05, 0) is 6.42 Å². The van der Waals surface area contributed by atoms with Crippen molar-refractivity contribution in [2.75, 3.05) is 0 Å². The predicted molar refractivity (Wildman–Crippen MR) is 42.7 cm³/mol. The summed E-state index contributed by atoms with van der Waals surface area (Å²) < 4.78 is 3.24. The van der Waals surface area contributed by atoms with Crippen LogP contribution in [0.4, 0.5) is 0 Å². The Morgan fingerprint density at radius 1 is 1.67 bits per heavy atom. The van der Waals surface area contributed by atoms with Crippen LogP contribution in [0.15, 0.2) is 21.9 Å². The molecule has 1 heteroatoms. The van der Waals surface area contributed by atoms with E-state index < -0.39 is 0 Å². The van der Waals surface area contributed by atoms with E-state index >= 15 is 0 Å². The third-order valence-electron chi connectivity index (χ3n) is 1.70. The molecule has 1 aliphatic rings. The molecule has 0 heterocycles. The minimum atomic E-state index is 0.186. The highest BCUT2D eigenvalue weighted by Gasteiger charge is 2.00. The van der Waals surface area contributed by atoms with E-state index in [1.165, 1.54) is 17.4 Å². The molecule has 0 fully saturated rings. The fraction of sp³-hybridized carbons (Fsp3) is 0.500. The fourth-order valence-corrected chi connectivity index (χ4v) is 2.56. The lowest BCUT2D eigenvalue weighted by Crippen LogP contribution is -1.91. The average molecular weight is 132 g/mol. The van der Waals surface area contributed by atoms with Crippen molar-refractivity contribution < 1.29 is 0 Å². The summed E-state index contributed by atoms with van der Waals surface area (Å²) in [5.74, 6) is 0. The second-order valence-electron chi connectivity index (χ2n) is 2.56. The Labute approximate surface area is 66.7 Å². The van der Waals surface area contributed by atoms with Crippen LogP contribution in [0.25, 0.3) is 0 Å². The molecule has 1 aliphatic carbocycles. The lowest BCUT2D eigenvalue weighted by molar-refractivity contribution is 1.07. The van der Waals surface area contributed by atoms with Crippen molar-refractivity contribution in [1.82, 2.24) is 0 Å².